The van der Waals surface area contributed by atoms with E-state index in [4.69, 9.17) is 4.74 Å². The van der Waals surface area contributed by atoms with Gasteiger partial charge in [0.2, 0.25) is 0 Å². The highest BCUT2D eigenvalue weighted by molar-refractivity contribution is 5.87. The van der Waals surface area contributed by atoms with Crippen molar-refractivity contribution in [3.05, 3.63) is 60.2 Å². The number of nitrogens with zero attached hydrogens (tertiary/aromatic N) is 2. The van der Waals surface area contributed by atoms with Crippen LogP contribution in [0.15, 0.2) is 48.8 Å². The molecule has 0 aliphatic rings. The molecular formula is C13H12N2O2. The lowest BCUT2D eigenvalue weighted by molar-refractivity contribution is 0.0501. The van der Waals surface area contributed by atoms with Gasteiger partial charge in [-0.1, -0.05) is 12.1 Å². The normalized spacial score (nSPS) is 9.88. The van der Waals surface area contributed by atoms with Crippen molar-refractivity contribution in [2.75, 3.05) is 6.61 Å². The Morgan fingerprint density at radius 1 is 1.06 bits per heavy atom. The van der Waals surface area contributed by atoms with Crippen LogP contribution in [0.3, 0.4) is 0 Å². The Balaban J connectivity index is 1.82. The Labute approximate surface area is 99.3 Å². The van der Waals surface area contributed by atoms with Gasteiger partial charge in [0.1, 0.15) is 5.69 Å². The third-order valence-electron chi connectivity index (χ3n) is 2.19. The van der Waals surface area contributed by atoms with Gasteiger partial charge in [0.05, 0.1) is 6.61 Å². The van der Waals surface area contributed by atoms with E-state index < -0.39 is 5.97 Å². The Morgan fingerprint density at radius 3 is 2.47 bits per heavy atom. The van der Waals surface area contributed by atoms with Crippen molar-refractivity contribution in [1.82, 2.24) is 9.97 Å². The van der Waals surface area contributed by atoms with Crippen LogP contribution in [0.1, 0.15) is 16.2 Å². The molecule has 0 atom stereocenters. The quantitative estimate of drug-likeness (QED) is 0.750. The molecule has 86 valence electrons. The number of carbonyl (C=O) groups excluding carboxylic acids is 1. The third-order valence-corrected chi connectivity index (χ3v) is 2.19. The highest BCUT2D eigenvalue weighted by atomic mass is 16.5. The van der Waals surface area contributed by atoms with Crippen molar-refractivity contribution in [3.63, 3.8) is 0 Å². The lowest BCUT2D eigenvalue weighted by atomic mass is 10.3. The summed E-state index contributed by atoms with van der Waals surface area (Å²) in [4.78, 5) is 19.6. The summed E-state index contributed by atoms with van der Waals surface area (Å²) in [5, 5.41) is 0. The molecule has 0 radical (unpaired) electrons. The van der Waals surface area contributed by atoms with E-state index in [-0.39, 0.29) is 0 Å². The standard InChI is InChI=1S/C13H12N2O2/c16-13(12-6-2-4-9-15-12)17-10-7-11-5-1-3-8-14-11/h1-6,8-9H,7,10H2. The minimum atomic E-state index is -0.401. The Hall–Kier alpha value is -2.23. The van der Waals surface area contributed by atoms with E-state index in [1.54, 1.807) is 30.6 Å². The number of aromatic nitrogens is 2. The summed E-state index contributed by atoms with van der Waals surface area (Å²) in [6.45, 7) is 0.312. The molecule has 2 rings (SSSR count). The molecule has 2 aromatic heterocycles. The third kappa shape index (κ3) is 3.38. The molecule has 2 heterocycles. The molecule has 2 aromatic rings. The van der Waals surface area contributed by atoms with Crippen molar-refractivity contribution in [2.45, 2.75) is 6.42 Å². The maximum atomic E-state index is 11.5. The molecule has 0 fully saturated rings. The van der Waals surface area contributed by atoms with E-state index in [0.717, 1.165) is 5.69 Å². The van der Waals surface area contributed by atoms with Crippen LogP contribution in [0.2, 0.25) is 0 Å². The van der Waals surface area contributed by atoms with Crippen LogP contribution >= 0.6 is 0 Å². The van der Waals surface area contributed by atoms with Crippen molar-refractivity contribution < 1.29 is 9.53 Å². The maximum absolute atomic E-state index is 11.5. The molecule has 0 aliphatic carbocycles. The van der Waals surface area contributed by atoms with Gasteiger partial charge in [-0.3, -0.25) is 4.98 Å². The summed E-state index contributed by atoms with van der Waals surface area (Å²) in [6.07, 6.45) is 3.89. The zero-order valence-electron chi connectivity index (χ0n) is 9.24. The second-order valence-corrected chi connectivity index (χ2v) is 3.42. The fourth-order valence-electron chi connectivity index (χ4n) is 1.35. The molecule has 0 saturated heterocycles. The average molecular weight is 228 g/mol. The van der Waals surface area contributed by atoms with Gasteiger partial charge in [-0.25, -0.2) is 9.78 Å². The number of hydrogen-bond donors (Lipinski definition) is 0. The highest BCUT2D eigenvalue weighted by Gasteiger charge is 2.07. The fourth-order valence-corrected chi connectivity index (χ4v) is 1.35. The number of rotatable bonds is 4. The van der Waals surface area contributed by atoms with Gasteiger partial charge in [0, 0.05) is 24.5 Å². The largest absolute Gasteiger partial charge is 0.461 e. The summed E-state index contributed by atoms with van der Waals surface area (Å²) < 4.78 is 5.09. The predicted octanol–water partition coefficient (Wildman–Crippen LogP) is 1.88. The summed E-state index contributed by atoms with van der Waals surface area (Å²) in [5.41, 5.74) is 1.23. The van der Waals surface area contributed by atoms with E-state index in [2.05, 4.69) is 9.97 Å². The van der Waals surface area contributed by atoms with Gasteiger partial charge in [0.15, 0.2) is 0 Å². The molecule has 0 aromatic carbocycles. The zero-order chi connectivity index (χ0) is 11.9. The van der Waals surface area contributed by atoms with Gasteiger partial charge in [-0.05, 0) is 24.3 Å². The van der Waals surface area contributed by atoms with E-state index in [9.17, 15) is 4.79 Å². The van der Waals surface area contributed by atoms with Crippen LogP contribution in [0, 0.1) is 0 Å². The Morgan fingerprint density at radius 2 is 1.82 bits per heavy atom. The number of hydrogen-bond acceptors (Lipinski definition) is 4. The summed E-state index contributed by atoms with van der Waals surface area (Å²) in [5.74, 6) is -0.401. The van der Waals surface area contributed by atoms with E-state index in [0.29, 0.717) is 18.7 Å². The minimum Gasteiger partial charge on any atom is -0.461 e. The second kappa shape index (κ2) is 5.75. The van der Waals surface area contributed by atoms with Crippen LogP contribution in [-0.4, -0.2) is 22.5 Å². The molecule has 0 saturated carbocycles. The minimum absolute atomic E-state index is 0.312. The zero-order valence-corrected chi connectivity index (χ0v) is 9.24. The lowest BCUT2D eigenvalue weighted by Crippen LogP contribution is -2.10. The first-order valence-corrected chi connectivity index (χ1v) is 5.34. The second-order valence-electron chi connectivity index (χ2n) is 3.42. The van der Waals surface area contributed by atoms with Gasteiger partial charge < -0.3 is 4.74 Å². The van der Waals surface area contributed by atoms with Crippen molar-refractivity contribution in [3.8, 4) is 0 Å². The van der Waals surface area contributed by atoms with E-state index >= 15 is 0 Å². The number of esters is 1. The number of carbonyl (C=O) groups is 1. The van der Waals surface area contributed by atoms with Crippen LogP contribution in [-0.2, 0) is 11.2 Å². The van der Waals surface area contributed by atoms with Crippen molar-refractivity contribution >= 4 is 5.97 Å². The van der Waals surface area contributed by atoms with E-state index in [1.807, 2.05) is 18.2 Å². The first-order valence-electron chi connectivity index (χ1n) is 5.34. The molecule has 0 amide bonds. The van der Waals surface area contributed by atoms with Crippen LogP contribution in [0.25, 0.3) is 0 Å². The molecule has 17 heavy (non-hydrogen) atoms. The SMILES string of the molecule is O=C(OCCc1ccccn1)c1ccccn1. The smallest absolute Gasteiger partial charge is 0.356 e. The summed E-state index contributed by atoms with van der Waals surface area (Å²) in [6, 6.07) is 10.8. The average Bonchev–Trinajstić information content (AvgIpc) is 2.41. The Bertz CT molecular complexity index is 471. The molecular weight excluding hydrogens is 216 g/mol. The van der Waals surface area contributed by atoms with Gasteiger partial charge in [-0.2, -0.15) is 0 Å². The van der Waals surface area contributed by atoms with Crippen LogP contribution < -0.4 is 0 Å². The molecule has 0 unspecified atom stereocenters. The molecule has 4 heteroatoms. The lowest BCUT2D eigenvalue weighted by Gasteiger charge is -2.03. The highest BCUT2D eigenvalue weighted by Crippen LogP contribution is 1.99. The molecule has 0 bridgehead atoms. The first kappa shape index (κ1) is 11.3. The molecule has 4 nitrogen and oxygen atoms in total. The fraction of sp³-hybridized carbons (Fsp3) is 0.154. The van der Waals surface area contributed by atoms with Crippen molar-refractivity contribution in [2.24, 2.45) is 0 Å². The molecule has 0 N–H and O–H groups in total. The predicted molar refractivity (Wildman–Crippen MR) is 62.5 cm³/mol. The monoisotopic (exact) mass is 228 g/mol. The topological polar surface area (TPSA) is 52.1 Å². The number of pyridine rings is 2. The molecule has 0 aliphatic heterocycles. The van der Waals surface area contributed by atoms with Crippen LogP contribution in [0.4, 0.5) is 0 Å². The maximum Gasteiger partial charge on any atom is 0.356 e. The summed E-state index contributed by atoms with van der Waals surface area (Å²) in [7, 11) is 0. The first-order chi connectivity index (χ1) is 8.36. The number of ether oxygens (including phenoxy) is 1. The summed E-state index contributed by atoms with van der Waals surface area (Å²) >= 11 is 0. The van der Waals surface area contributed by atoms with Gasteiger partial charge in [0.25, 0.3) is 0 Å². The van der Waals surface area contributed by atoms with Gasteiger partial charge >= 0.3 is 5.97 Å². The van der Waals surface area contributed by atoms with E-state index in [1.165, 1.54) is 0 Å². The Kier molecular flexibility index (Phi) is 3.81. The molecule has 0 spiro atoms. The van der Waals surface area contributed by atoms with Gasteiger partial charge in [-0.15, -0.1) is 0 Å². The van der Waals surface area contributed by atoms with Crippen LogP contribution in [0.5, 0.6) is 0 Å². The van der Waals surface area contributed by atoms with Crippen molar-refractivity contribution in [1.29, 1.82) is 0 Å².